The predicted molar refractivity (Wildman–Crippen MR) is 120 cm³/mol. The monoisotopic (exact) mass is 457 g/mol. The van der Waals surface area contributed by atoms with E-state index in [1.165, 1.54) is 0 Å². The number of dihydropyridines is 1. The zero-order valence-electron chi connectivity index (χ0n) is 18.7. The molecule has 1 fully saturated rings. The first-order valence-corrected chi connectivity index (χ1v) is 11.7. The summed E-state index contributed by atoms with van der Waals surface area (Å²) in [6, 6.07) is 3.50. The van der Waals surface area contributed by atoms with Crippen LogP contribution in [0.3, 0.4) is 0 Å². The van der Waals surface area contributed by atoms with Gasteiger partial charge in [-0.1, -0.05) is 25.4 Å². The van der Waals surface area contributed by atoms with Crippen LogP contribution in [0.5, 0.6) is 11.5 Å². The molecule has 0 amide bonds. The van der Waals surface area contributed by atoms with Gasteiger partial charge in [-0.2, -0.15) is 0 Å². The maximum atomic E-state index is 13.4. The lowest BCUT2D eigenvalue weighted by atomic mass is 9.68. The van der Waals surface area contributed by atoms with Crippen molar-refractivity contribution in [3.63, 3.8) is 0 Å². The van der Waals surface area contributed by atoms with E-state index in [1.54, 1.807) is 12.1 Å². The van der Waals surface area contributed by atoms with Crippen LogP contribution in [0.15, 0.2) is 34.7 Å². The molecule has 1 N–H and O–H groups in total. The quantitative estimate of drug-likeness (QED) is 0.632. The van der Waals surface area contributed by atoms with Gasteiger partial charge in [-0.25, -0.2) is 4.79 Å². The van der Waals surface area contributed by atoms with Crippen LogP contribution in [0.2, 0.25) is 5.02 Å². The van der Waals surface area contributed by atoms with Crippen molar-refractivity contribution in [3.8, 4) is 11.5 Å². The third kappa shape index (κ3) is 3.68. The standard InChI is InChI=1S/C25H28ClNO5/c1-13-21(24(29)32-14-6-4-5-7-14)22(15-8-19-20(9-16(15)26)31-12-30-19)23-17(27-13)10-25(2,3)11-18(23)28/h8-9,14,22,27H,4-7,10-12H2,1-3H3/t22-/m1/s1. The first-order chi connectivity index (χ1) is 15.2. The SMILES string of the molecule is CC1=C(C(=O)OC2CCCC2)[C@@H](c2cc3c(cc2Cl)OCO3)C2=C(CC(C)(C)CC2=O)N1. The fourth-order valence-corrected chi connectivity index (χ4v) is 5.66. The minimum Gasteiger partial charge on any atom is -0.459 e. The average Bonchev–Trinajstić information content (AvgIpc) is 3.36. The van der Waals surface area contributed by atoms with Gasteiger partial charge in [0.15, 0.2) is 17.3 Å². The van der Waals surface area contributed by atoms with Crippen LogP contribution in [0.4, 0.5) is 0 Å². The van der Waals surface area contributed by atoms with Crippen molar-refractivity contribution < 1.29 is 23.8 Å². The van der Waals surface area contributed by atoms with Crippen molar-refractivity contribution >= 4 is 23.4 Å². The molecular formula is C25H28ClNO5. The van der Waals surface area contributed by atoms with Crippen LogP contribution in [-0.2, 0) is 14.3 Å². The minimum absolute atomic E-state index is 0.0288. The molecule has 4 aliphatic rings. The smallest absolute Gasteiger partial charge is 0.337 e. The highest BCUT2D eigenvalue weighted by Crippen LogP contribution is 2.50. The Labute approximate surface area is 192 Å². The molecule has 0 aromatic heterocycles. The molecule has 0 radical (unpaired) electrons. The summed E-state index contributed by atoms with van der Waals surface area (Å²) in [5.41, 5.74) is 3.12. The number of allylic oxidation sites excluding steroid dienone is 3. The van der Waals surface area contributed by atoms with E-state index in [2.05, 4.69) is 19.2 Å². The van der Waals surface area contributed by atoms with E-state index in [0.717, 1.165) is 37.8 Å². The van der Waals surface area contributed by atoms with Crippen molar-refractivity contribution in [3.05, 3.63) is 45.3 Å². The molecule has 2 aliphatic carbocycles. The number of ether oxygens (including phenoxy) is 3. The first kappa shape index (κ1) is 21.4. The Balaban J connectivity index is 1.63. The molecule has 1 atom stereocenters. The van der Waals surface area contributed by atoms with Gasteiger partial charge >= 0.3 is 5.97 Å². The fourth-order valence-electron chi connectivity index (χ4n) is 5.39. The summed E-state index contributed by atoms with van der Waals surface area (Å²) in [6.07, 6.45) is 4.94. The molecule has 2 heterocycles. The summed E-state index contributed by atoms with van der Waals surface area (Å²) < 4.78 is 16.9. The number of hydrogen-bond donors (Lipinski definition) is 1. The largest absolute Gasteiger partial charge is 0.459 e. The van der Waals surface area contributed by atoms with Crippen LogP contribution in [0.1, 0.15) is 70.8 Å². The summed E-state index contributed by atoms with van der Waals surface area (Å²) in [5, 5.41) is 3.81. The first-order valence-electron chi connectivity index (χ1n) is 11.3. The van der Waals surface area contributed by atoms with E-state index in [9.17, 15) is 9.59 Å². The van der Waals surface area contributed by atoms with E-state index in [0.29, 0.717) is 45.3 Å². The normalized spacial score (nSPS) is 24.5. The number of ketones is 1. The van der Waals surface area contributed by atoms with Gasteiger partial charge in [0.05, 0.1) is 5.57 Å². The molecule has 32 heavy (non-hydrogen) atoms. The van der Waals surface area contributed by atoms with Crippen LogP contribution < -0.4 is 14.8 Å². The maximum absolute atomic E-state index is 13.4. The Hall–Kier alpha value is -2.47. The number of carbonyl (C=O) groups is 2. The van der Waals surface area contributed by atoms with Gasteiger partial charge in [0, 0.05) is 40.4 Å². The zero-order chi connectivity index (χ0) is 22.6. The molecule has 0 spiro atoms. The highest BCUT2D eigenvalue weighted by atomic mass is 35.5. The van der Waals surface area contributed by atoms with E-state index < -0.39 is 5.92 Å². The molecule has 7 heteroatoms. The van der Waals surface area contributed by atoms with Crippen molar-refractivity contribution in [1.29, 1.82) is 0 Å². The number of halogens is 1. The Bertz CT molecular complexity index is 1060. The highest BCUT2D eigenvalue weighted by molar-refractivity contribution is 6.32. The van der Waals surface area contributed by atoms with Crippen molar-refractivity contribution in [2.24, 2.45) is 5.41 Å². The van der Waals surface area contributed by atoms with Crippen molar-refractivity contribution in [2.75, 3.05) is 6.79 Å². The molecule has 0 unspecified atom stereocenters. The van der Waals surface area contributed by atoms with Crippen LogP contribution in [-0.4, -0.2) is 24.6 Å². The number of hydrogen-bond acceptors (Lipinski definition) is 6. The number of esters is 1. The Morgan fingerprint density at radius 1 is 1.16 bits per heavy atom. The topological polar surface area (TPSA) is 73.9 Å². The lowest BCUT2D eigenvalue weighted by molar-refractivity contribution is -0.144. The average molecular weight is 458 g/mol. The second kappa shape index (κ2) is 7.84. The summed E-state index contributed by atoms with van der Waals surface area (Å²) in [4.78, 5) is 26.9. The number of fused-ring (bicyclic) bond motifs is 1. The van der Waals surface area contributed by atoms with Gasteiger partial charge in [0.1, 0.15) is 6.10 Å². The number of Topliss-reactive ketones (excluding diaryl/α,β-unsaturated/α-hetero) is 1. The van der Waals surface area contributed by atoms with Crippen LogP contribution in [0.25, 0.3) is 0 Å². The van der Waals surface area contributed by atoms with Crippen LogP contribution >= 0.6 is 11.6 Å². The van der Waals surface area contributed by atoms with Gasteiger partial charge in [-0.3, -0.25) is 4.79 Å². The lowest BCUT2D eigenvalue weighted by Gasteiger charge is -2.39. The predicted octanol–water partition coefficient (Wildman–Crippen LogP) is 5.16. The second-order valence-electron chi connectivity index (χ2n) is 9.97. The molecular weight excluding hydrogens is 430 g/mol. The van der Waals surface area contributed by atoms with Gasteiger partial charge in [0.25, 0.3) is 0 Å². The van der Waals surface area contributed by atoms with Crippen molar-refractivity contribution in [1.82, 2.24) is 5.32 Å². The number of rotatable bonds is 3. The summed E-state index contributed by atoms with van der Waals surface area (Å²) in [6.45, 7) is 6.16. The van der Waals surface area contributed by atoms with Gasteiger partial charge < -0.3 is 19.5 Å². The second-order valence-corrected chi connectivity index (χ2v) is 10.4. The minimum atomic E-state index is -0.606. The lowest BCUT2D eigenvalue weighted by Crippen LogP contribution is -2.39. The number of nitrogens with one attached hydrogen (secondary N) is 1. The van der Waals surface area contributed by atoms with E-state index in [4.69, 9.17) is 25.8 Å². The summed E-state index contributed by atoms with van der Waals surface area (Å²) in [7, 11) is 0. The molecule has 2 aliphatic heterocycles. The molecule has 0 bridgehead atoms. The van der Waals surface area contributed by atoms with Gasteiger partial charge in [-0.05, 0) is 56.1 Å². The summed E-state index contributed by atoms with van der Waals surface area (Å²) >= 11 is 6.70. The highest BCUT2D eigenvalue weighted by Gasteiger charge is 2.44. The molecule has 1 aromatic rings. The molecule has 5 rings (SSSR count). The van der Waals surface area contributed by atoms with E-state index >= 15 is 0 Å². The Morgan fingerprint density at radius 3 is 2.56 bits per heavy atom. The maximum Gasteiger partial charge on any atom is 0.337 e. The third-order valence-corrected chi connectivity index (χ3v) is 7.17. The Kier molecular flexibility index (Phi) is 5.24. The van der Waals surface area contributed by atoms with Crippen LogP contribution in [0, 0.1) is 5.41 Å². The molecule has 1 aromatic carbocycles. The number of carbonyl (C=O) groups excluding carboxylic acids is 2. The molecule has 1 saturated carbocycles. The summed E-state index contributed by atoms with van der Waals surface area (Å²) in [5.74, 6) is 0.167. The molecule has 0 saturated heterocycles. The van der Waals surface area contributed by atoms with E-state index in [1.807, 2.05) is 6.92 Å². The zero-order valence-corrected chi connectivity index (χ0v) is 19.4. The van der Waals surface area contributed by atoms with Crippen molar-refractivity contribution in [2.45, 2.75) is 71.3 Å². The molecule has 6 nitrogen and oxygen atoms in total. The van der Waals surface area contributed by atoms with E-state index in [-0.39, 0.29) is 30.1 Å². The fraction of sp³-hybridized carbons (Fsp3) is 0.520. The third-order valence-electron chi connectivity index (χ3n) is 6.84. The van der Waals surface area contributed by atoms with Gasteiger partial charge in [-0.15, -0.1) is 0 Å². The number of benzene rings is 1. The van der Waals surface area contributed by atoms with Gasteiger partial charge in [0.2, 0.25) is 6.79 Å². The Morgan fingerprint density at radius 2 is 1.84 bits per heavy atom. The molecule has 170 valence electrons.